The zero-order chi connectivity index (χ0) is 51.4. The minimum Gasteiger partial charge on any atom is -0.458 e. The summed E-state index contributed by atoms with van der Waals surface area (Å²) in [7, 11) is 0. The molecule has 0 bridgehead atoms. The van der Waals surface area contributed by atoms with Crippen molar-refractivity contribution in [2.75, 3.05) is 77.7 Å². The van der Waals surface area contributed by atoms with E-state index in [9.17, 15) is 48.6 Å². The van der Waals surface area contributed by atoms with Crippen LogP contribution >= 0.6 is 0 Å². The van der Waals surface area contributed by atoms with Gasteiger partial charge in [-0.25, -0.2) is 14.2 Å². The predicted molar refractivity (Wildman–Crippen MR) is 253 cm³/mol. The number of fused-ring (bicyclic) bond motifs is 5. The number of carbonyl (C=O) groups excluding carboxylic acids is 7. The number of hydrogen-bond donors (Lipinski definition) is 7. The number of aromatic nitrogens is 2. The standard InChI is InChI=1S/C49H55FN8O14/c1-2-49(68)34-22-39-45-31(26-58(39)47(66)33(34)28-72-48(49)67)32(27-59)30-21-37(35(50)23-36(30)56-45)55-42(62)25-54-46(65)38(20-29-6-4-3-5-7-29)51-11-12-52-41(61)24-53-40(60)10-14-69-16-18-71-19-17-70-15-13-57-43(63)8-9-44(57)64/h3-9,21-23,38,51,59,68H,2,10-20,24-28H2,1H3,(H,52,61)(H,53,60)(H,54,65)(H,55,62)/t38-,49-/m0/s1. The molecule has 5 heterocycles. The van der Waals surface area contributed by atoms with E-state index < -0.39 is 65.8 Å². The molecule has 2 atom stereocenters. The average molecular weight is 999 g/mol. The summed E-state index contributed by atoms with van der Waals surface area (Å²) in [4.78, 5) is 106. The fourth-order valence-corrected chi connectivity index (χ4v) is 8.34. The fraction of sp³-hybridized carbons (Fsp3) is 0.408. The number of cyclic esters (lactones) is 1. The van der Waals surface area contributed by atoms with E-state index in [4.69, 9.17) is 18.9 Å². The third kappa shape index (κ3) is 12.4. The van der Waals surface area contributed by atoms with Gasteiger partial charge in [0, 0.05) is 54.2 Å². The molecule has 3 aliphatic heterocycles. The van der Waals surface area contributed by atoms with E-state index in [1.807, 2.05) is 18.2 Å². The Labute approximate surface area is 411 Å². The lowest BCUT2D eigenvalue weighted by atomic mass is 9.86. The van der Waals surface area contributed by atoms with Gasteiger partial charge >= 0.3 is 5.97 Å². The minimum absolute atomic E-state index is 0.00721. The Hall–Kier alpha value is -7.28. The van der Waals surface area contributed by atoms with E-state index in [2.05, 4.69) is 31.6 Å². The second-order valence-electron chi connectivity index (χ2n) is 16.9. The second-order valence-corrected chi connectivity index (χ2v) is 16.9. The maximum absolute atomic E-state index is 15.7. The van der Waals surface area contributed by atoms with E-state index >= 15 is 4.39 Å². The van der Waals surface area contributed by atoms with E-state index in [0.717, 1.165) is 16.5 Å². The molecule has 0 saturated heterocycles. The summed E-state index contributed by atoms with van der Waals surface area (Å²) in [5, 5.41) is 35.4. The Morgan fingerprint density at radius 3 is 2.25 bits per heavy atom. The normalized spacial score (nSPS) is 16.0. The van der Waals surface area contributed by atoms with Crippen LogP contribution in [0.3, 0.4) is 0 Å². The molecule has 7 N–H and O–H groups in total. The van der Waals surface area contributed by atoms with Gasteiger partial charge in [-0.2, -0.15) is 0 Å². The highest BCUT2D eigenvalue weighted by Crippen LogP contribution is 2.41. The molecule has 4 aromatic rings. The van der Waals surface area contributed by atoms with E-state index in [1.54, 1.807) is 19.1 Å². The number of aliphatic hydroxyl groups is 2. The lowest BCUT2D eigenvalue weighted by Crippen LogP contribution is -2.49. The number of carbonyl (C=O) groups is 7. The third-order valence-corrected chi connectivity index (χ3v) is 12.2. The number of esters is 1. The second kappa shape index (κ2) is 24.2. The van der Waals surface area contributed by atoms with Gasteiger partial charge in [0.2, 0.25) is 23.6 Å². The lowest BCUT2D eigenvalue weighted by Gasteiger charge is -2.31. The van der Waals surface area contributed by atoms with Gasteiger partial charge in [-0.3, -0.25) is 38.5 Å². The molecular weight excluding hydrogens is 944 g/mol. The minimum atomic E-state index is -2.05. The number of halogens is 1. The molecule has 7 rings (SSSR count). The van der Waals surface area contributed by atoms with Gasteiger partial charge in [-0.05, 0) is 36.1 Å². The van der Waals surface area contributed by atoms with Crippen molar-refractivity contribution in [3.05, 3.63) is 105 Å². The first-order chi connectivity index (χ1) is 34.7. The number of anilines is 1. The van der Waals surface area contributed by atoms with E-state index in [-0.39, 0.29) is 144 Å². The van der Waals surface area contributed by atoms with Crippen LogP contribution in [0.1, 0.15) is 47.6 Å². The number of aliphatic hydroxyl groups excluding tert-OH is 1. The zero-order valence-corrected chi connectivity index (χ0v) is 39.4. The van der Waals surface area contributed by atoms with Crippen LogP contribution in [-0.4, -0.2) is 144 Å². The van der Waals surface area contributed by atoms with Crippen LogP contribution in [-0.2, 0) is 84.3 Å². The van der Waals surface area contributed by atoms with Crippen LogP contribution < -0.4 is 32.1 Å². The zero-order valence-electron chi connectivity index (χ0n) is 39.4. The summed E-state index contributed by atoms with van der Waals surface area (Å²) in [5.74, 6) is -4.68. The molecule has 0 fully saturated rings. The Morgan fingerprint density at radius 2 is 1.54 bits per heavy atom. The molecule has 0 radical (unpaired) electrons. The van der Waals surface area contributed by atoms with E-state index in [1.165, 1.54) is 28.9 Å². The van der Waals surface area contributed by atoms with Crippen molar-refractivity contribution in [1.82, 2.24) is 35.7 Å². The first-order valence-corrected chi connectivity index (χ1v) is 23.3. The molecule has 3 aliphatic rings. The SMILES string of the molecule is CC[C@@]1(O)C(=O)OCc2c1cc1n(c2=O)Cc2c-1nc1cc(F)c(NC(=O)CNC(=O)[C@H](Cc3ccccc3)NCCNC(=O)CNC(=O)CCOCCOCCOCCN3C(=O)C=CC3=O)cc1c2CO. The van der Waals surface area contributed by atoms with Crippen LogP contribution in [0.25, 0.3) is 22.3 Å². The van der Waals surface area contributed by atoms with Gasteiger partial charge in [0.25, 0.3) is 17.4 Å². The fourth-order valence-electron chi connectivity index (χ4n) is 8.34. The molecule has 22 nitrogen and oxygen atoms in total. The van der Waals surface area contributed by atoms with Crippen molar-refractivity contribution in [2.45, 2.75) is 57.6 Å². The number of nitrogens with one attached hydrogen (secondary N) is 5. The number of rotatable bonds is 26. The van der Waals surface area contributed by atoms with Gasteiger partial charge in [-0.1, -0.05) is 37.3 Å². The molecule has 2 aromatic carbocycles. The van der Waals surface area contributed by atoms with Crippen LogP contribution in [0.2, 0.25) is 0 Å². The van der Waals surface area contributed by atoms with Crippen LogP contribution in [0.4, 0.5) is 10.1 Å². The molecule has 2 aromatic heterocycles. The summed E-state index contributed by atoms with van der Waals surface area (Å²) in [6.45, 7) is 1.54. The topological polar surface area (TPSA) is 295 Å². The summed E-state index contributed by atoms with van der Waals surface area (Å²) in [6.07, 6.45) is 2.59. The van der Waals surface area contributed by atoms with Crippen molar-refractivity contribution < 1.29 is 67.1 Å². The molecule has 0 aliphatic carbocycles. The van der Waals surface area contributed by atoms with Crippen molar-refractivity contribution in [3.8, 4) is 11.4 Å². The number of hydrogen-bond acceptors (Lipinski definition) is 16. The van der Waals surface area contributed by atoms with Crippen molar-refractivity contribution in [1.29, 1.82) is 0 Å². The largest absolute Gasteiger partial charge is 0.458 e. The Kier molecular flexibility index (Phi) is 17.7. The van der Waals surface area contributed by atoms with Crippen molar-refractivity contribution in [3.63, 3.8) is 0 Å². The first-order valence-electron chi connectivity index (χ1n) is 23.3. The highest BCUT2D eigenvalue weighted by molar-refractivity contribution is 6.12. The third-order valence-electron chi connectivity index (χ3n) is 12.2. The monoisotopic (exact) mass is 998 g/mol. The molecule has 72 heavy (non-hydrogen) atoms. The average Bonchev–Trinajstić information content (AvgIpc) is 3.90. The Morgan fingerprint density at radius 1 is 0.847 bits per heavy atom. The maximum Gasteiger partial charge on any atom is 0.343 e. The molecule has 23 heteroatoms. The van der Waals surface area contributed by atoms with Crippen LogP contribution in [0, 0.1) is 5.82 Å². The number of pyridine rings is 2. The quantitative estimate of drug-likeness (QED) is 0.0210. The highest BCUT2D eigenvalue weighted by atomic mass is 19.1. The van der Waals surface area contributed by atoms with Crippen LogP contribution in [0.5, 0.6) is 0 Å². The number of imide groups is 1. The highest BCUT2D eigenvalue weighted by Gasteiger charge is 2.45. The van der Waals surface area contributed by atoms with E-state index in [0.29, 0.717) is 16.5 Å². The molecule has 0 saturated carbocycles. The number of benzene rings is 2. The van der Waals surface area contributed by atoms with Crippen LogP contribution in [0.15, 0.2) is 65.5 Å². The van der Waals surface area contributed by atoms with Gasteiger partial charge < -0.3 is 60.3 Å². The van der Waals surface area contributed by atoms with Gasteiger partial charge in [-0.15, -0.1) is 0 Å². The molecule has 0 spiro atoms. The number of amides is 6. The maximum atomic E-state index is 15.7. The molecular formula is C49H55FN8O14. The number of nitrogens with zero attached hydrogens (tertiary/aromatic N) is 3. The van der Waals surface area contributed by atoms with Crippen molar-refractivity contribution in [2.24, 2.45) is 0 Å². The summed E-state index contributed by atoms with van der Waals surface area (Å²) in [6, 6.07) is 12.1. The van der Waals surface area contributed by atoms with Gasteiger partial charge in [0.05, 0.1) is 107 Å². The van der Waals surface area contributed by atoms with Gasteiger partial charge in [0.1, 0.15) is 12.4 Å². The summed E-state index contributed by atoms with van der Waals surface area (Å²) >= 11 is 0. The Balaban J connectivity index is 0.841. The van der Waals surface area contributed by atoms with Gasteiger partial charge in [0.15, 0.2) is 5.60 Å². The number of ether oxygens (including phenoxy) is 4. The predicted octanol–water partition coefficient (Wildman–Crippen LogP) is -0.436. The van der Waals surface area contributed by atoms with Crippen molar-refractivity contribution >= 4 is 58.0 Å². The summed E-state index contributed by atoms with van der Waals surface area (Å²) < 4.78 is 38.3. The summed E-state index contributed by atoms with van der Waals surface area (Å²) in [5.41, 5.74) is -0.372. The first kappa shape index (κ1) is 52.5. The molecule has 6 amide bonds. The molecule has 382 valence electrons. The smallest absolute Gasteiger partial charge is 0.343 e. The molecule has 0 unspecified atom stereocenters. The lowest BCUT2D eigenvalue weighted by molar-refractivity contribution is -0.172. The Bertz CT molecular complexity index is 2810.